The molecule has 0 radical (unpaired) electrons. The van der Waals surface area contributed by atoms with Gasteiger partial charge in [-0.2, -0.15) is 0 Å². The lowest BCUT2D eigenvalue weighted by atomic mass is 10.3. The fraction of sp³-hybridized carbons (Fsp3) is 0.286. The van der Waals surface area contributed by atoms with Crippen LogP contribution in [0.25, 0.3) is 0 Å². The Balaban J connectivity index is 3.15. The Labute approximate surface area is 81.8 Å². The Bertz CT molecular complexity index is 366. The minimum atomic E-state index is -5.01. The van der Waals surface area contributed by atoms with Crippen molar-refractivity contribution in [2.24, 2.45) is 5.73 Å². The number of nitrogens with two attached hydrogens (primary N) is 2. The van der Waals surface area contributed by atoms with Gasteiger partial charge in [-0.25, -0.2) is 4.39 Å². The van der Waals surface area contributed by atoms with E-state index in [0.29, 0.717) is 0 Å². The Kier molecular flexibility index (Phi) is 2.98. The first-order valence-electron chi connectivity index (χ1n) is 3.74. The molecule has 0 amide bonds. The van der Waals surface area contributed by atoms with Crippen molar-refractivity contribution in [1.29, 1.82) is 0 Å². The maximum atomic E-state index is 13.2. The Morgan fingerprint density at radius 3 is 2.47 bits per heavy atom. The first kappa shape index (κ1) is 11.5. The van der Waals surface area contributed by atoms with Crippen LogP contribution in [0.3, 0.4) is 0 Å². The molecule has 0 unspecified atom stereocenters. The quantitative estimate of drug-likeness (QED) is 0.740. The molecule has 0 aromatic carbocycles. The molecule has 0 atom stereocenters. The van der Waals surface area contributed by atoms with Gasteiger partial charge < -0.3 is 16.2 Å². The number of rotatable bonds is 2. The molecule has 1 rings (SSSR count). The van der Waals surface area contributed by atoms with Crippen LogP contribution in [0.5, 0.6) is 5.75 Å². The molecule has 0 saturated carbocycles. The minimum absolute atomic E-state index is 0.344. The lowest BCUT2D eigenvalue weighted by Gasteiger charge is -2.12. The highest BCUT2D eigenvalue weighted by molar-refractivity contribution is 5.52. The van der Waals surface area contributed by atoms with E-state index in [1.807, 2.05) is 0 Å². The summed E-state index contributed by atoms with van der Waals surface area (Å²) in [7, 11) is 0. The Hall–Kier alpha value is -1.57. The van der Waals surface area contributed by atoms with Crippen molar-refractivity contribution < 1.29 is 22.3 Å². The minimum Gasteiger partial charge on any atom is -0.400 e. The highest BCUT2D eigenvalue weighted by Crippen LogP contribution is 2.31. The van der Waals surface area contributed by atoms with Crippen LogP contribution in [-0.4, -0.2) is 11.3 Å². The van der Waals surface area contributed by atoms with Gasteiger partial charge in [-0.05, 0) is 0 Å². The standard InChI is InChI=1S/C7H7F4N3O/c8-5-4(1-12)14-2-3(13)6(5)15-7(9,10)11/h2H,1,12-13H2. The molecule has 1 aromatic rings. The third-order valence-electron chi connectivity index (χ3n) is 1.49. The molecule has 84 valence electrons. The van der Waals surface area contributed by atoms with Crippen LogP contribution in [-0.2, 0) is 6.54 Å². The molecule has 0 bridgehead atoms. The number of ether oxygens (including phenoxy) is 1. The van der Waals surface area contributed by atoms with E-state index in [-0.39, 0.29) is 12.2 Å². The fourth-order valence-electron chi connectivity index (χ4n) is 0.882. The highest BCUT2D eigenvalue weighted by atomic mass is 19.4. The van der Waals surface area contributed by atoms with Crippen molar-refractivity contribution in [3.8, 4) is 5.75 Å². The summed E-state index contributed by atoms with van der Waals surface area (Å²) in [6.45, 7) is -0.347. The van der Waals surface area contributed by atoms with Crippen LogP contribution in [0.4, 0.5) is 23.2 Å². The first-order valence-corrected chi connectivity index (χ1v) is 3.74. The summed E-state index contributed by atoms with van der Waals surface area (Å²) in [5.74, 6) is -2.40. The summed E-state index contributed by atoms with van der Waals surface area (Å²) < 4.78 is 52.1. The number of hydrogen-bond donors (Lipinski definition) is 2. The Morgan fingerprint density at radius 2 is 2.00 bits per heavy atom. The van der Waals surface area contributed by atoms with Crippen LogP contribution < -0.4 is 16.2 Å². The zero-order chi connectivity index (χ0) is 11.6. The van der Waals surface area contributed by atoms with Gasteiger partial charge in [0.05, 0.1) is 17.6 Å². The summed E-state index contributed by atoms with van der Waals surface area (Å²) >= 11 is 0. The van der Waals surface area contributed by atoms with Crippen LogP contribution >= 0.6 is 0 Å². The molecular formula is C7H7F4N3O. The zero-order valence-corrected chi connectivity index (χ0v) is 7.31. The van der Waals surface area contributed by atoms with Crippen LogP contribution in [0.1, 0.15) is 5.69 Å². The van der Waals surface area contributed by atoms with Crippen molar-refractivity contribution in [2.75, 3.05) is 5.73 Å². The van der Waals surface area contributed by atoms with Gasteiger partial charge in [0.15, 0.2) is 11.6 Å². The molecular weight excluding hydrogens is 218 g/mol. The highest BCUT2D eigenvalue weighted by Gasteiger charge is 2.34. The number of aromatic nitrogens is 1. The predicted octanol–water partition coefficient (Wildman–Crippen LogP) is 1.16. The number of alkyl halides is 3. The van der Waals surface area contributed by atoms with E-state index in [1.165, 1.54) is 0 Å². The zero-order valence-electron chi connectivity index (χ0n) is 7.31. The average molecular weight is 225 g/mol. The summed E-state index contributed by atoms with van der Waals surface area (Å²) in [6.07, 6.45) is -4.16. The normalized spacial score (nSPS) is 11.5. The average Bonchev–Trinajstić information content (AvgIpc) is 2.11. The number of nitrogen functional groups attached to an aromatic ring is 1. The number of pyridine rings is 1. The maximum absolute atomic E-state index is 13.2. The van der Waals surface area contributed by atoms with Gasteiger partial charge in [0.1, 0.15) is 0 Å². The number of hydrogen-bond acceptors (Lipinski definition) is 4. The molecule has 0 spiro atoms. The van der Waals surface area contributed by atoms with Crippen molar-refractivity contribution in [1.82, 2.24) is 4.98 Å². The van der Waals surface area contributed by atoms with E-state index in [4.69, 9.17) is 11.5 Å². The van der Waals surface area contributed by atoms with E-state index in [1.54, 1.807) is 0 Å². The smallest absolute Gasteiger partial charge is 0.400 e. The van der Waals surface area contributed by atoms with Gasteiger partial charge in [-0.1, -0.05) is 0 Å². The largest absolute Gasteiger partial charge is 0.573 e. The number of nitrogens with zero attached hydrogens (tertiary/aromatic N) is 1. The van der Waals surface area contributed by atoms with Gasteiger partial charge in [0.25, 0.3) is 0 Å². The number of halogens is 4. The number of anilines is 1. The van der Waals surface area contributed by atoms with Gasteiger partial charge in [-0.15, -0.1) is 13.2 Å². The van der Waals surface area contributed by atoms with Crippen molar-refractivity contribution in [3.05, 3.63) is 17.7 Å². The van der Waals surface area contributed by atoms with Crippen molar-refractivity contribution in [3.63, 3.8) is 0 Å². The lowest BCUT2D eigenvalue weighted by molar-refractivity contribution is -0.275. The first-order chi connectivity index (χ1) is 6.85. The monoisotopic (exact) mass is 225 g/mol. The summed E-state index contributed by atoms with van der Waals surface area (Å²) in [6, 6.07) is 0. The SMILES string of the molecule is NCc1ncc(N)c(OC(F)(F)F)c1F. The predicted molar refractivity (Wildman–Crippen MR) is 43.2 cm³/mol. The van der Waals surface area contributed by atoms with Crippen molar-refractivity contribution >= 4 is 5.69 Å². The summed E-state index contributed by atoms with van der Waals surface area (Å²) in [4.78, 5) is 3.41. The summed E-state index contributed by atoms with van der Waals surface area (Å²) in [5.41, 5.74) is 9.25. The molecule has 1 aromatic heterocycles. The van der Waals surface area contributed by atoms with Gasteiger partial charge in [-0.3, -0.25) is 4.98 Å². The van der Waals surface area contributed by atoms with Gasteiger partial charge >= 0.3 is 6.36 Å². The second-order valence-corrected chi connectivity index (χ2v) is 2.56. The Morgan fingerprint density at radius 1 is 1.40 bits per heavy atom. The van der Waals surface area contributed by atoms with E-state index < -0.39 is 23.6 Å². The molecule has 0 aliphatic rings. The van der Waals surface area contributed by atoms with E-state index in [2.05, 4.69) is 9.72 Å². The van der Waals surface area contributed by atoms with Crippen molar-refractivity contribution in [2.45, 2.75) is 12.9 Å². The fourth-order valence-corrected chi connectivity index (χ4v) is 0.882. The van der Waals surface area contributed by atoms with Crippen LogP contribution in [0.15, 0.2) is 6.20 Å². The molecule has 4 nitrogen and oxygen atoms in total. The third-order valence-corrected chi connectivity index (χ3v) is 1.49. The molecule has 0 aliphatic heterocycles. The topological polar surface area (TPSA) is 74.2 Å². The van der Waals surface area contributed by atoms with E-state index >= 15 is 0 Å². The molecule has 8 heteroatoms. The molecule has 4 N–H and O–H groups in total. The van der Waals surface area contributed by atoms with Crippen LogP contribution in [0.2, 0.25) is 0 Å². The van der Waals surface area contributed by atoms with Gasteiger partial charge in [0.2, 0.25) is 0 Å². The van der Waals surface area contributed by atoms with Gasteiger partial charge in [0, 0.05) is 6.54 Å². The third kappa shape index (κ3) is 2.69. The molecule has 0 fully saturated rings. The molecule has 0 aliphatic carbocycles. The van der Waals surface area contributed by atoms with E-state index in [9.17, 15) is 17.6 Å². The second-order valence-electron chi connectivity index (χ2n) is 2.56. The molecule has 1 heterocycles. The second kappa shape index (κ2) is 3.89. The van der Waals surface area contributed by atoms with E-state index in [0.717, 1.165) is 6.20 Å². The lowest BCUT2D eigenvalue weighted by Crippen LogP contribution is -2.20. The summed E-state index contributed by atoms with van der Waals surface area (Å²) in [5, 5.41) is 0. The van der Waals surface area contributed by atoms with Crippen LogP contribution in [0, 0.1) is 5.82 Å². The molecule has 15 heavy (non-hydrogen) atoms. The maximum Gasteiger partial charge on any atom is 0.573 e. The molecule has 0 saturated heterocycles.